The largest absolute Gasteiger partial charge is 0.449 e. The molecule has 1 aliphatic rings. The zero-order valence-electron chi connectivity index (χ0n) is 10.7. The number of likely N-dealkylation sites (N-methyl/N-ethyl adjacent to an activating group) is 1. The first-order chi connectivity index (χ1) is 8.28. The third kappa shape index (κ3) is 3.82. The van der Waals surface area contributed by atoms with Gasteiger partial charge in [-0.25, -0.2) is 4.98 Å². The van der Waals surface area contributed by atoms with Gasteiger partial charge in [0.15, 0.2) is 5.89 Å². The molecule has 17 heavy (non-hydrogen) atoms. The van der Waals surface area contributed by atoms with Crippen LogP contribution in [-0.4, -0.2) is 30.8 Å². The molecule has 1 saturated heterocycles. The predicted octanol–water partition coefficient (Wildman–Crippen LogP) is 1.94. The second kappa shape index (κ2) is 6.17. The molecule has 2 atom stereocenters. The Morgan fingerprint density at radius 3 is 3.12 bits per heavy atom. The van der Waals surface area contributed by atoms with E-state index in [1.807, 2.05) is 7.05 Å². The Labute approximate surface area is 103 Å². The highest BCUT2D eigenvalue weighted by Crippen LogP contribution is 2.17. The third-order valence-corrected chi connectivity index (χ3v) is 3.28. The van der Waals surface area contributed by atoms with Gasteiger partial charge in [-0.2, -0.15) is 0 Å². The fourth-order valence-electron chi connectivity index (χ4n) is 2.12. The Kier molecular flexibility index (Phi) is 4.57. The van der Waals surface area contributed by atoms with Gasteiger partial charge in [0.2, 0.25) is 0 Å². The van der Waals surface area contributed by atoms with Crippen LogP contribution in [0.25, 0.3) is 0 Å². The molecule has 0 saturated carbocycles. The topological polar surface area (TPSA) is 47.3 Å². The van der Waals surface area contributed by atoms with E-state index < -0.39 is 0 Å². The molecular formula is C13H22N2O2. The van der Waals surface area contributed by atoms with Gasteiger partial charge in [0.25, 0.3) is 0 Å². The number of oxazole rings is 1. The zero-order chi connectivity index (χ0) is 12.1. The van der Waals surface area contributed by atoms with Crippen LogP contribution in [0.5, 0.6) is 0 Å². The van der Waals surface area contributed by atoms with Gasteiger partial charge in [-0.15, -0.1) is 0 Å². The summed E-state index contributed by atoms with van der Waals surface area (Å²) in [5, 5.41) is 3.20. The van der Waals surface area contributed by atoms with E-state index in [2.05, 4.69) is 17.2 Å². The molecule has 0 radical (unpaired) electrons. The highest BCUT2D eigenvalue weighted by atomic mass is 16.5. The average molecular weight is 238 g/mol. The Bertz CT molecular complexity index is 332. The van der Waals surface area contributed by atoms with Crippen molar-refractivity contribution in [3.05, 3.63) is 17.8 Å². The first kappa shape index (κ1) is 12.6. The molecule has 2 rings (SSSR count). The van der Waals surface area contributed by atoms with E-state index in [1.165, 1.54) is 12.8 Å². The number of nitrogens with zero attached hydrogens (tertiary/aromatic N) is 1. The molecular weight excluding hydrogens is 216 g/mol. The van der Waals surface area contributed by atoms with E-state index in [1.54, 1.807) is 6.26 Å². The maximum atomic E-state index is 5.68. The SMILES string of the molecule is CNC(C)Cc1coc(CC2CCCCO2)n1. The molecule has 1 aliphatic heterocycles. The number of rotatable bonds is 5. The second-order valence-corrected chi connectivity index (χ2v) is 4.82. The molecule has 96 valence electrons. The van der Waals surface area contributed by atoms with Crippen LogP contribution < -0.4 is 5.32 Å². The summed E-state index contributed by atoms with van der Waals surface area (Å²) in [4.78, 5) is 4.51. The van der Waals surface area contributed by atoms with Crippen molar-refractivity contribution in [2.45, 2.75) is 51.2 Å². The predicted molar refractivity (Wildman–Crippen MR) is 66.0 cm³/mol. The minimum Gasteiger partial charge on any atom is -0.449 e. The van der Waals surface area contributed by atoms with E-state index >= 15 is 0 Å². The lowest BCUT2D eigenvalue weighted by Crippen LogP contribution is -2.24. The summed E-state index contributed by atoms with van der Waals surface area (Å²) in [5.74, 6) is 0.815. The lowest BCUT2D eigenvalue weighted by molar-refractivity contribution is 0.0132. The number of aromatic nitrogens is 1. The number of hydrogen-bond donors (Lipinski definition) is 1. The van der Waals surface area contributed by atoms with Crippen molar-refractivity contribution >= 4 is 0 Å². The van der Waals surface area contributed by atoms with Gasteiger partial charge in [-0.05, 0) is 33.2 Å². The summed E-state index contributed by atoms with van der Waals surface area (Å²) in [6.45, 7) is 3.02. The van der Waals surface area contributed by atoms with Crippen LogP contribution in [0.15, 0.2) is 10.7 Å². The minimum absolute atomic E-state index is 0.303. The molecule has 1 fully saturated rings. The molecule has 4 nitrogen and oxygen atoms in total. The lowest BCUT2D eigenvalue weighted by atomic mass is 10.1. The lowest BCUT2D eigenvalue weighted by Gasteiger charge is -2.20. The van der Waals surface area contributed by atoms with Gasteiger partial charge >= 0.3 is 0 Å². The van der Waals surface area contributed by atoms with Crippen molar-refractivity contribution in [1.29, 1.82) is 0 Å². The summed E-state index contributed by atoms with van der Waals surface area (Å²) in [7, 11) is 1.96. The molecule has 2 heterocycles. The van der Waals surface area contributed by atoms with Crippen LogP contribution in [0.2, 0.25) is 0 Å². The monoisotopic (exact) mass is 238 g/mol. The quantitative estimate of drug-likeness (QED) is 0.851. The summed E-state index contributed by atoms with van der Waals surface area (Å²) in [6, 6.07) is 0.430. The summed E-state index contributed by atoms with van der Waals surface area (Å²) < 4.78 is 11.2. The van der Waals surface area contributed by atoms with Crippen molar-refractivity contribution in [1.82, 2.24) is 10.3 Å². The molecule has 4 heteroatoms. The molecule has 1 aromatic rings. The summed E-state index contributed by atoms with van der Waals surface area (Å²) in [6.07, 6.45) is 7.37. The molecule has 0 bridgehead atoms. The first-order valence-electron chi connectivity index (χ1n) is 6.50. The maximum Gasteiger partial charge on any atom is 0.196 e. The van der Waals surface area contributed by atoms with Gasteiger partial charge in [0.05, 0.1) is 18.2 Å². The van der Waals surface area contributed by atoms with Crippen molar-refractivity contribution in [2.75, 3.05) is 13.7 Å². The van der Waals surface area contributed by atoms with Crippen molar-refractivity contribution in [2.24, 2.45) is 0 Å². The number of ether oxygens (including phenoxy) is 1. The van der Waals surface area contributed by atoms with Crippen molar-refractivity contribution in [3.8, 4) is 0 Å². The average Bonchev–Trinajstić information content (AvgIpc) is 2.77. The van der Waals surface area contributed by atoms with Crippen LogP contribution >= 0.6 is 0 Å². The first-order valence-corrected chi connectivity index (χ1v) is 6.50. The maximum absolute atomic E-state index is 5.68. The fraction of sp³-hybridized carbons (Fsp3) is 0.769. The molecule has 2 unspecified atom stereocenters. The van der Waals surface area contributed by atoms with Gasteiger partial charge in [0.1, 0.15) is 6.26 Å². The highest BCUT2D eigenvalue weighted by molar-refractivity contribution is 4.99. The summed E-state index contributed by atoms with van der Waals surface area (Å²) in [5.41, 5.74) is 1.03. The van der Waals surface area contributed by atoms with E-state index in [9.17, 15) is 0 Å². The van der Waals surface area contributed by atoms with Crippen molar-refractivity contribution < 1.29 is 9.15 Å². The van der Waals surface area contributed by atoms with E-state index in [0.29, 0.717) is 12.1 Å². The van der Waals surface area contributed by atoms with Crippen LogP contribution in [0.4, 0.5) is 0 Å². The summed E-state index contributed by atoms with van der Waals surface area (Å²) >= 11 is 0. The van der Waals surface area contributed by atoms with E-state index in [0.717, 1.165) is 37.5 Å². The number of nitrogens with one attached hydrogen (secondary N) is 1. The molecule has 1 aromatic heterocycles. The molecule has 0 aromatic carbocycles. The Balaban J connectivity index is 1.84. The van der Waals surface area contributed by atoms with Gasteiger partial charge in [-0.3, -0.25) is 0 Å². The molecule has 1 N–H and O–H groups in total. The molecule has 0 aliphatic carbocycles. The van der Waals surface area contributed by atoms with Crippen LogP contribution in [-0.2, 0) is 17.6 Å². The number of hydrogen-bond acceptors (Lipinski definition) is 4. The van der Waals surface area contributed by atoms with Crippen LogP contribution in [0.1, 0.15) is 37.8 Å². The van der Waals surface area contributed by atoms with Gasteiger partial charge in [0, 0.05) is 19.1 Å². The Hall–Kier alpha value is -0.870. The highest BCUT2D eigenvalue weighted by Gasteiger charge is 2.17. The normalized spacial score (nSPS) is 22.6. The second-order valence-electron chi connectivity index (χ2n) is 4.82. The fourth-order valence-corrected chi connectivity index (χ4v) is 2.12. The van der Waals surface area contributed by atoms with E-state index in [-0.39, 0.29) is 0 Å². The Morgan fingerprint density at radius 1 is 1.53 bits per heavy atom. The van der Waals surface area contributed by atoms with Crippen molar-refractivity contribution in [3.63, 3.8) is 0 Å². The Morgan fingerprint density at radius 2 is 2.41 bits per heavy atom. The van der Waals surface area contributed by atoms with Gasteiger partial charge < -0.3 is 14.5 Å². The standard InChI is InChI=1S/C13H22N2O2/c1-10(14-2)7-11-9-17-13(15-11)8-12-5-3-4-6-16-12/h9-10,12,14H,3-8H2,1-2H3. The van der Waals surface area contributed by atoms with E-state index in [4.69, 9.17) is 9.15 Å². The molecule has 0 amide bonds. The third-order valence-electron chi connectivity index (χ3n) is 3.28. The van der Waals surface area contributed by atoms with Crippen LogP contribution in [0.3, 0.4) is 0 Å². The minimum atomic E-state index is 0.303. The molecule has 0 spiro atoms. The van der Waals surface area contributed by atoms with Gasteiger partial charge in [-0.1, -0.05) is 0 Å². The smallest absolute Gasteiger partial charge is 0.196 e. The van der Waals surface area contributed by atoms with Crippen LogP contribution in [0, 0.1) is 0 Å². The zero-order valence-corrected chi connectivity index (χ0v) is 10.7.